The SMILES string of the molecule is O=C(OCC(=O)N1N=C(c2cccs2)C[C@@H]1c1cccs1)c1n[nH]c2ccccc12. The first kappa shape index (κ1) is 18.7. The van der Waals surface area contributed by atoms with E-state index in [0.717, 1.165) is 21.0 Å². The third kappa shape index (κ3) is 3.42. The summed E-state index contributed by atoms with van der Waals surface area (Å²) in [5.74, 6) is -1.01. The molecule has 9 heteroatoms. The Kier molecular flexibility index (Phi) is 4.89. The molecule has 150 valence electrons. The zero-order valence-electron chi connectivity index (χ0n) is 15.6. The van der Waals surface area contributed by atoms with Crippen molar-refractivity contribution in [2.45, 2.75) is 12.5 Å². The van der Waals surface area contributed by atoms with Gasteiger partial charge in [0.15, 0.2) is 12.3 Å². The minimum Gasteiger partial charge on any atom is -0.451 e. The van der Waals surface area contributed by atoms with E-state index in [2.05, 4.69) is 15.3 Å². The number of esters is 1. The molecule has 0 fully saturated rings. The van der Waals surface area contributed by atoms with E-state index in [4.69, 9.17) is 4.74 Å². The highest BCUT2D eigenvalue weighted by Gasteiger charge is 2.34. The molecule has 1 aliphatic rings. The largest absolute Gasteiger partial charge is 0.451 e. The number of hydrogen-bond acceptors (Lipinski definition) is 7. The normalized spacial score (nSPS) is 16.1. The number of H-pyrrole nitrogens is 1. The van der Waals surface area contributed by atoms with Gasteiger partial charge >= 0.3 is 5.97 Å². The third-order valence-corrected chi connectivity index (χ3v) is 6.73. The van der Waals surface area contributed by atoms with Gasteiger partial charge in [-0.15, -0.1) is 22.7 Å². The maximum absolute atomic E-state index is 12.9. The molecule has 1 aliphatic heterocycles. The molecule has 1 aromatic carbocycles. The molecule has 7 nitrogen and oxygen atoms in total. The molecule has 0 saturated heterocycles. The van der Waals surface area contributed by atoms with Crippen molar-refractivity contribution in [3.05, 3.63) is 74.7 Å². The molecule has 5 rings (SSSR count). The quantitative estimate of drug-likeness (QED) is 0.475. The number of hydrazone groups is 1. The molecule has 0 saturated carbocycles. The van der Waals surface area contributed by atoms with Gasteiger partial charge in [0, 0.05) is 16.7 Å². The average Bonchev–Trinajstić information content (AvgIpc) is 3.56. The number of fused-ring (bicyclic) bond motifs is 1. The Labute approximate surface area is 179 Å². The fraction of sp³-hybridized carbons (Fsp3) is 0.143. The summed E-state index contributed by atoms with van der Waals surface area (Å²) < 4.78 is 5.28. The van der Waals surface area contributed by atoms with E-state index >= 15 is 0 Å². The molecule has 0 aliphatic carbocycles. The summed E-state index contributed by atoms with van der Waals surface area (Å²) >= 11 is 3.17. The molecule has 0 bridgehead atoms. The van der Waals surface area contributed by atoms with Crippen LogP contribution in [0.15, 0.2) is 64.4 Å². The maximum Gasteiger partial charge on any atom is 0.359 e. The van der Waals surface area contributed by atoms with E-state index in [9.17, 15) is 9.59 Å². The highest BCUT2D eigenvalue weighted by Crippen LogP contribution is 2.35. The summed E-state index contributed by atoms with van der Waals surface area (Å²) in [6, 6.07) is 15.0. The molecule has 1 atom stereocenters. The monoisotopic (exact) mass is 436 g/mol. The van der Waals surface area contributed by atoms with E-state index in [1.54, 1.807) is 28.7 Å². The van der Waals surface area contributed by atoms with Gasteiger partial charge in [-0.3, -0.25) is 9.89 Å². The number of rotatable bonds is 5. The van der Waals surface area contributed by atoms with Gasteiger partial charge in [0.1, 0.15) is 0 Å². The van der Waals surface area contributed by atoms with E-state index in [-0.39, 0.29) is 17.6 Å². The van der Waals surface area contributed by atoms with E-state index in [0.29, 0.717) is 11.8 Å². The lowest BCUT2D eigenvalue weighted by Crippen LogP contribution is -2.31. The smallest absolute Gasteiger partial charge is 0.359 e. The van der Waals surface area contributed by atoms with Crippen molar-refractivity contribution in [3.63, 3.8) is 0 Å². The van der Waals surface area contributed by atoms with Crippen molar-refractivity contribution in [2.75, 3.05) is 6.61 Å². The highest BCUT2D eigenvalue weighted by molar-refractivity contribution is 7.12. The second-order valence-corrected chi connectivity index (χ2v) is 8.62. The standard InChI is InChI=1S/C21H16N4O3S2/c26-19(12-28-21(27)20-13-5-1-2-6-14(13)22-23-20)25-16(18-8-4-10-30-18)11-15(24-25)17-7-3-9-29-17/h1-10,16H,11-12H2,(H,22,23)/t16-/m1/s1. The van der Waals surface area contributed by atoms with Crippen LogP contribution in [0.1, 0.15) is 32.7 Å². The van der Waals surface area contributed by atoms with Crippen molar-refractivity contribution in [3.8, 4) is 0 Å². The first-order chi connectivity index (χ1) is 14.7. The molecule has 0 radical (unpaired) electrons. The molecule has 1 amide bonds. The maximum atomic E-state index is 12.9. The number of hydrogen-bond donors (Lipinski definition) is 1. The van der Waals surface area contributed by atoms with Gasteiger partial charge in [-0.25, -0.2) is 9.80 Å². The Morgan fingerprint density at radius 1 is 1.10 bits per heavy atom. The molecule has 0 unspecified atom stereocenters. The average molecular weight is 437 g/mol. The van der Waals surface area contributed by atoms with Crippen LogP contribution in [0.5, 0.6) is 0 Å². The number of para-hydroxylation sites is 1. The predicted octanol–water partition coefficient (Wildman–Crippen LogP) is 4.22. The molecular formula is C21H16N4O3S2. The van der Waals surface area contributed by atoms with E-state index in [1.807, 2.05) is 53.2 Å². The lowest BCUT2D eigenvalue weighted by molar-refractivity contribution is -0.136. The molecular weight excluding hydrogens is 420 g/mol. The lowest BCUT2D eigenvalue weighted by Gasteiger charge is -2.20. The number of benzene rings is 1. The molecule has 1 N–H and O–H groups in total. The Bertz CT molecular complexity index is 1230. The number of aromatic nitrogens is 2. The summed E-state index contributed by atoms with van der Waals surface area (Å²) in [5, 5.41) is 17.4. The van der Waals surface area contributed by atoms with Crippen molar-refractivity contribution in [2.24, 2.45) is 5.10 Å². The summed E-state index contributed by atoms with van der Waals surface area (Å²) in [6.45, 7) is -0.400. The molecule has 4 heterocycles. The topological polar surface area (TPSA) is 87.7 Å². The number of carbonyl (C=O) groups is 2. The van der Waals surface area contributed by atoms with Crippen LogP contribution in [0.4, 0.5) is 0 Å². The van der Waals surface area contributed by atoms with Gasteiger partial charge in [0.2, 0.25) is 0 Å². The first-order valence-corrected chi connectivity index (χ1v) is 11.0. The van der Waals surface area contributed by atoms with Crippen LogP contribution in [0.3, 0.4) is 0 Å². The molecule has 3 aromatic heterocycles. The van der Waals surface area contributed by atoms with Crippen LogP contribution in [0.25, 0.3) is 10.9 Å². The second-order valence-electron chi connectivity index (χ2n) is 6.69. The van der Waals surface area contributed by atoms with E-state index in [1.165, 1.54) is 5.01 Å². The van der Waals surface area contributed by atoms with Gasteiger partial charge in [-0.05, 0) is 29.0 Å². The summed E-state index contributed by atoms with van der Waals surface area (Å²) in [6.07, 6.45) is 0.630. The number of nitrogens with one attached hydrogen (secondary N) is 1. The summed E-state index contributed by atoms with van der Waals surface area (Å²) in [4.78, 5) is 27.5. The molecule has 0 spiro atoms. The second kappa shape index (κ2) is 7.85. The van der Waals surface area contributed by atoms with Gasteiger partial charge in [0.05, 0.1) is 22.1 Å². The Morgan fingerprint density at radius 2 is 1.93 bits per heavy atom. The summed E-state index contributed by atoms with van der Waals surface area (Å²) in [7, 11) is 0. The Hall–Kier alpha value is -3.30. The van der Waals surface area contributed by atoms with Crippen molar-refractivity contribution < 1.29 is 14.3 Å². The Morgan fingerprint density at radius 3 is 2.73 bits per heavy atom. The number of amides is 1. The Balaban J connectivity index is 1.34. The third-order valence-electron chi connectivity index (χ3n) is 4.83. The molecule has 30 heavy (non-hydrogen) atoms. The zero-order valence-corrected chi connectivity index (χ0v) is 17.3. The first-order valence-electron chi connectivity index (χ1n) is 9.28. The van der Waals surface area contributed by atoms with Crippen molar-refractivity contribution in [1.29, 1.82) is 0 Å². The van der Waals surface area contributed by atoms with Crippen molar-refractivity contribution >= 4 is 51.2 Å². The number of aromatic amines is 1. The minimum atomic E-state index is -0.643. The van der Waals surface area contributed by atoms with Gasteiger partial charge < -0.3 is 4.74 Å². The van der Waals surface area contributed by atoms with Gasteiger partial charge in [0.25, 0.3) is 5.91 Å². The van der Waals surface area contributed by atoms with Gasteiger partial charge in [-0.2, -0.15) is 10.2 Å². The van der Waals surface area contributed by atoms with Crippen LogP contribution >= 0.6 is 22.7 Å². The fourth-order valence-electron chi connectivity index (χ4n) is 3.42. The number of carbonyl (C=O) groups excluding carboxylic acids is 2. The molecule has 4 aromatic rings. The number of ether oxygens (including phenoxy) is 1. The fourth-order valence-corrected chi connectivity index (χ4v) is 4.95. The van der Waals surface area contributed by atoms with Crippen LogP contribution in [0, 0.1) is 0 Å². The minimum absolute atomic E-state index is 0.164. The number of nitrogens with zero attached hydrogens (tertiary/aromatic N) is 3. The van der Waals surface area contributed by atoms with Crippen LogP contribution in [-0.4, -0.2) is 39.4 Å². The van der Waals surface area contributed by atoms with Crippen LogP contribution in [-0.2, 0) is 9.53 Å². The van der Waals surface area contributed by atoms with Gasteiger partial charge in [-0.1, -0.05) is 30.3 Å². The lowest BCUT2D eigenvalue weighted by atomic mass is 10.1. The van der Waals surface area contributed by atoms with E-state index < -0.39 is 12.6 Å². The highest BCUT2D eigenvalue weighted by atomic mass is 32.1. The van der Waals surface area contributed by atoms with Crippen LogP contribution < -0.4 is 0 Å². The van der Waals surface area contributed by atoms with Crippen molar-refractivity contribution in [1.82, 2.24) is 15.2 Å². The zero-order chi connectivity index (χ0) is 20.5. The van der Waals surface area contributed by atoms with Crippen LogP contribution in [0.2, 0.25) is 0 Å². The predicted molar refractivity (Wildman–Crippen MR) is 116 cm³/mol. The number of thiophene rings is 2. The summed E-state index contributed by atoms with van der Waals surface area (Å²) in [5.41, 5.74) is 1.76.